The maximum atomic E-state index is 10.4. The minimum absolute atomic E-state index is 0.278. The molecule has 54 valence electrons. The maximum absolute atomic E-state index is 10.4. The summed E-state index contributed by atoms with van der Waals surface area (Å²) in [5, 5.41) is 0.633. The molecule has 1 atom stereocenters. The summed E-state index contributed by atoms with van der Waals surface area (Å²) in [6.45, 7) is 5.92. The van der Waals surface area contributed by atoms with Crippen molar-refractivity contribution in [1.82, 2.24) is 0 Å². The third kappa shape index (κ3) is 5.90. The molecule has 1 nitrogen and oxygen atoms in total. The van der Waals surface area contributed by atoms with E-state index in [2.05, 4.69) is 13.8 Å². The maximum Gasteiger partial charge on any atom is 0.139 e. The zero-order chi connectivity index (χ0) is 7.28. The van der Waals surface area contributed by atoms with Gasteiger partial charge in [0.1, 0.15) is 5.78 Å². The SMILES string of the molecule is CCC(C)SCC(C)=O. The molecule has 0 aromatic rings. The summed E-state index contributed by atoms with van der Waals surface area (Å²) in [5.41, 5.74) is 0. The van der Waals surface area contributed by atoms with Crippen molar-refractivity contribution in [2.75, 3.05) is 5.75 Å². The number of Topliss-reactive ketones (excluding diaryl/α,β-unsaturated/α-hetero) is 1. The van der Waals surface area contributed by atoms with E-state index in [4.69, 9.17) is 0 Å². The summed E-state index contributed by atoms with van der Waals surface area (Å²) >= 11 is 1.73. The van der Waals surface area contributed by atoms with Crippen molar-refractivity contribution in [2.45, 2.75) is 32.4 Å². The van der Waals surface area contributed by atoms with Crippen molar-refractivity contribution >= 4 is 17.5 Å². The van der Waals surface area contributed by atoms with Crippen LogP contribution >= 0.6 is 11.8 Å². The first-order valence-electron chi connectivity index (χ1n) is 3.27. The van der Waals surface area contributed by atoms with Gasteiger partial charge in [0.15, 0.2) is 0 Å². The first kappa shape index (κ1) is 9.02. The largest absolute Gasteiger partial charge is 0.299 e. The number of hydrogen-bond donors (Lipinski definition) is 0. The lowest BCUT2D eigenvalue weighted by Gasteiger charge is -2.04. The van der Waals surface area contributed by atoms with Gasteiger partial charge >= 0.3 is 0 Å². The second-order valence-corrected chi connectivity index (χ2v) is 3.66. The van der Waals surface area contributed by atoms with Crippen LogP contribution in [-0.4, -0.2) is 16.8 Å². The fourth-order valence-electron chi connectivity index (χ4n) is 0.377. The topological polar surface area (TPSA) is 17.1 Å². The van der Waals surface area contributed by atoms with Crippen molar-refractivity contribution in [1.29, 1.82) is 0 Å². The van der Waals surface area contributed by atoms with Crippen LogP contribution in [0, 0.1) is 0 Å². The van der Waals surface area contributed by atoms with E-state index in [-0.39, 0.29) is 5.78 Å². The van der Waals surface area contributed by atoms with Crippen LogP contribution in [0.1, 0.15) is 27.2 Å². The Morgan fingerprint density at radius 3 is 2.56 bits per heavy atom. The lowest BCUT2D eigenvalue weighted by atomic mass is 10.4. The van der Waals surface area contributed by atoms with E-state index >= 15 is 0 Å². The third-order valence-electron chi connectivity index (χ3n) is 1.15. The first-order valence-corrected chi connectivity index (χ1v) is 4.32. The lowest BCUT2D eigenvalue weighted by Crippen LogP contribution is -2.00. The molecule has 0 rings (SSSR count). The molecule has 0 aliphatic heterocycles. The fourth-order valence-corrected chi connectivity index (χ4v) is 1.13. The second-order valence-electron chi connectivity index (χ2n) is 2.23. The molecular formula is C7H14OS. The fraction of sp³-hybridized carbons (Fsp3) is 0.857. The van der Waals surface area contributed by atoms with Crippen molar-refractivity contribution in [3.05, 3.63) is 0 Å². The second kappa shape index (κ2) is 4.86. The van der Waals surface area contributed by atoms with Gasteiger partial charge in [0.2, 0.25) is 0 Å². The number of hydrogen-bond acceptors (Lipinski definition) is 2. The molecule has 0 saturated carbocycles. The molecule has 0 bridgehead atoms. The molecule has 0 saturated heterocycles. The molecular weight excluding hydrogens is 132 g/mol. The number of carbonyl (C=O) groups excluding carboxylic acids is 1. The van der Waals surface area contributed by atoms with Crippen LogP contribution in [0.2, 0.25) is 0 Å². The Hall–Kier alpha value is 0.0200. The van der Waals surface area contributed by atoms with E-state index in [1.165, 1.54) is 0 Å². The van der Waals surface area contributed by atoms with Crippen LogP contribution in [0.5, 0.6) is 0 Å². The van der Waals surface area contributed by atoms with Crippen LogP contribution in [0.15, 0.2) is 0 Å². The van der Waals surface area contributed by atoms with Gasteiger partial charge in [0.25, 0.3) is 0 Å². The van der Waals surface area contributed by atoms with Crippen LogP contribution in [0.4, 0.5) is 0 Å². The average Bonchev–Trinajstić information content (AvgIpc) is 1.83. The molecule has 0 aliphatic carbocycles. The zero-order valence-corrected chi connectivity index (χ0v) is 7.12. The van der Waals surface area contributed by atoms with Crippen molar-refractivity contribution in [3.63, 3.8) is 0 Å². The summed E-state index contributed by atoms with van der Waals surface area (Å²) in [6, 6.07) is 0. The molecule has 0 spiro atoms. The van der Waals surface area contributed by atoms with E-state index in [1.807, 2.05) is 0 Å². The predicted octanol–water partition coefficient (Wildman–Crippen LogP) is 2.11. The van der Waals surface area contributed by atoms with Gasteiger partial charge in [-0.3, -0.25) is 4.79 Å². The van der Waals surface area contributed by atoms with Gasteiger partial charge in [0, 0.05) is 5.25 Å². The smallest absolute Gasteiger partial charge is 0.139 e. The average molecular weight is 146 g/mol. The Labute approximate surface area is 61.2 Å². The van der Waals surface area contributed by atoms with E-state index in [0.29, 0.717) is 11.0 Å². The molecule has 0 aliphatic rings. The van der Waals surface area contributed by atoms with Gasteiger partial charge < -0.3 is 0 Å². The van der Waals surface area contributed by atoms with E-state index in [0.717, 1.165) is 6.42 Å². The van der Waals surface area contributed by atoms with Gasteiger partial charge in [-0.05, 0) is 13.3 Å². The van der Waals surface area contributed by atoms with Gasteiger partial charge in [-0.2, -0.15) is 11.8 Å². The van der Waals surface area contributed by atoms with Gasteiger partial charge in [-0.1, -0.05) is 13.8 Å². The highest BCUT2D eigenvalue weighted by Crippen LogP contribution is 2.12. The van der Waals surface area contributed by atoms with Crippen molar-refractivity contribution < 1.29 is 4.79 Å². The molecule has 0 aromatic carbocycles. The number of rotatable bonds is 4. The quantitative estimate of drug-likeness (QED) is 0.604. The normalized spacial score (nSPS) is 13.2. The van der Waals surface area contributed by atoms with E-state index in [9.17, 15) is 4.79 Å². The molecule has 9 heavy (non-hydrogen) atoms. The summed E-state index contributed by atoms with van der Waals surface area (Å²) in [6.07, 6.45) is 1.15. The molecule has 0 radical (unpaired) electrons. The van der Waals surface area contributed by atoms with Crippen LogP contribution in [0.25, 0.3) is 0 Å². The predicted molar refractivity (Wildman–Crippen MR) is 42.9 cm³/mol. The Morgan fingerprint density at radius 2 is 2.22 bits per heavy atom. The van der Waals surface area contributed by atoms with Gasteiger partial charge in [-0.25, -0.2) is 0 Å². The standard InChI is InChI=1S/C7H14OS/c1-4-7(3)9-5-6(2)8/h7H,4-5H2,1-3H3. The van der Waals surface area contributed by atoms with Crippen LogP contribution in [-0.2, 0) is 4.79 Å². The van der Waals surface area contributed by atoms with Gasteiger partial charge in [-0.15, -0.1) is 0 Å². The highest BCUT2D eigenvalue weighted by atomic mass is 32.2. The van der Waals surface area contributed by atoms with Crippen molar-refractivity contribution in [2.24, 2.45) is 0 Å². The van der Waals surface area contributed by atoms with E-state index < -0.39 is 0 Å². The molecule has 0 aromatic heterocycles. The number of carbonyl (C=O) groups is 1. The van der Waals surface area contributed by atoms with Gasteiger partial charge in [0.05, 0.1) is 5.75 Å². The summed E-state index contributed by atoms with van der Waals surface area (Å²) in [4.78, 5) is 10.4. The minimum Gasteiger partial charge on any atom is -0.299 e. The van der Waals surface area contributed by atoms with E-state index in [1.54, 1.807) is 18.7 Å². The summed E-state index contributed by atoms with van der Waals surface area (Å²) < 4.78 is 0. The van der Waals surface area contributed by atoms with Crippen LogP contribution < -0.4 is 0 Å². The Morgan fingerprint density at radius 1 is 1.67 bits per heavy atom. The lowest BCUT2D eigenvalue weighted by molar-refractivity contribution is -0.114. The van der Waals surface area contributed by atoms with Crippen molar-refractivity contribution in [3.8, 4) is 0 Å². The monoisotopic (exact) mass is 146 g/mol. The Bertz CT molecular complexity index is 90.9. The Kier molecular flexibility index (Phi) is 4.87. The molecule has 0 fully saturated rings. The molecule has 0 N–H and O–H groups in total. The first-order chi connectivity index (χ1) is 4.16. The molecule has 1 unspecified atom stereocenters. The number of thioether (sulfide) groups is 1. The number of ketones is 1. The summed E-state index contributed by atoms with van der Waals surface area (Å²) in [7, 11) is 0. The Balaban J connectivity index is 3.16. The van der Waals surface area contributed by atoms with Crippen LogP contribution in [0.3, 0.4) is 0 Å². The minimum atomic E-state index is 0.278. The molecule has 0 heterocycles. The zero-order valence-electron chi connectivity index (χ0n) is 6.31. The highest BCUT2D eigenvalue weighted by Gasteiger charge is 1.99. The molecule has 0 amide bonds. The summed E-state index contributed by atoms with van der Waals surface area (Å²) in [5.74, 6) is 0.954. The third-order valence-corrected chi connectivity index (χ3v) is 2.62. The highest BCUT2D eigenvalue weighted by molar-refractivity contribution is 8.00. The molecule has 2 heteroatoms.